The molecule has 0 bridgehead atoms. The standard InChI is InChI=1S/C11H12F2O2/c1-3-10(14)8-4-6-9(7-5-8)15-11(2,12)13/h4-7H,3H2,1-2H3. The Kier molecular flexibility index (Phi) is 3.39. The van der Waals surface area contributed by atoms with Crippen LogP contribution >= 0.6 is 0 Å². The predicted molar refractivity (Wildman–Crippen MR) is 52.3 cm³/mol. The van der Waals surface area contributed by atoms with E-state index in [9.17, 15) is 13.6 Å². The summed E-state index contributed by atoms with van der Waals surface area (Å²) in [6.07, 6.45) is -2.81. The minimum atomic E-state index is -3.20. The van der Waals surface area contributed by atoms with Crippen molar-refractivity contribution in [3.63, 3.8) is 0 Å². The molecule has 2 nitrogen and oxygen atoms in total. The number of Topliss-reactive ketones (excluding diaryl/α,β-unsaturated/α-hetero) is 1. The SMILES string of the molecule is CCC(=O)c1ccc(OC(C)(F)F)cc1. The molecule has 0 aliphatic heterocycles. The van der Waals surface area contributed by atoms with Gasteiger partial charge in [-0.1, -0.05) is 6.92 Å². The van der Waals surface area contributed by atoms with Gasteiger partial charge in [0.2, 0.25) is 0 Å². The lowest BCUT2D eigenvalue weighted by molar-refractivity contribution is -0.158. The molecular weight excluding hydrogens is 202 g/mol. The molecule has 0 saturated carbocycles. The first-order chi connectivity index (χ1) is 6.92. The van der Waals surface area contributed by atoms with Crippen molar-refractivity contribution in [1.82, 2.24) is 0 Å². The average Bonchev–Trinajstić information content (AvgIpc) is 2.15. The summed E-state index contributed by atoms with van der Waals surface area (Å²) in [5.74, 6) is 0.0277. The van der Waals surface area contributed by atoms with Crippen LogP contribution in [0.4, 0.5) is 8.78 Å². The van der Waals surface area contributed by atoms with Gasteiger partial charge in [-0.05, 0) is 24.3 Å². The average molecular weight is 214 g/mol. The third-order valence-electron chi connectivity index (χ3n) is 1.79. The Hall–Kier alpha value is -1.45. The van der Waals surface area contributed by atoms with Crippen molar-refractivity contribution in [3.05, 3.63) is 29.8 Å². The molecule has 0 radical (unpaired) electrons. The van der Waals surface area contributed by atoms with Crippen LogP contribution in [0.15, 0.2) is 24.3 Å². The molecule has 1 aromatic carbocycles. The highest BCUT2D eigenvalue weighted by molar-refractivity contribution is 5.95. The van der Waals surface area contributed by atoms with Crippen molar-refractivity contribution in [2.75, 3.05) is 0 Å². The Morgan fingerprint density at radius 2 is 1.87 bits per heavy atom. The molecule has 0 amide bonds. The van der Waals surface area contributed by atoms with Crippen molar-refractivity contribution < 1.29 is 18.3 Å². The Balaban J connectivity index is 2.77. The molecule has 0 fully saturated rings. The number of alkyl halides is 2. The maximum Gasteiger partial charge on any atom is 0.394 e. The lowest BCUT2D eigenvalue weighted by atomic mass is 10.1. The van der Waals surface area contributed by atoms with E-state index >= 15 is 0 Å². The zero-order chi connectivity index (χ0) is 11.5. The van der Waals surface area contributed by atoms with E-state index in [0.29, 0.717) is 18.9 Å². The van der Waals surface area contributed by atoms with E-state index < -0.39 is 6.11 Å². The number of ether oxygens (including phenoxy) is 1. The second-order valence-electron chi connectivity index (χ2n) is 3.21. The Bertz CT molecular complexity index is 339. The van der Waals surface area contributed by atoms with Gasteiger partial charge in [0, 0.05) is 18.9 Å². The number of rotatable bonds is 4. The van der Waals surface area contributed by atoms with Gasteiger partial charge in [-0.15, -0.1) is 0 Å². The molecule has 0 unspecified atom stereocenters. The van der Waals surface area contributed by atoms with E-state index in [1.54, 1.807) is 6.92 Å². The van der Waals surface area contributed by atoms with E-state index in [1.165, 1.54) is 24.3 Å². The number of hydrogen-bond acceptors (Lipinski definition) is 2. The molecule has 0 saturated heterocycles. The lowest BCUT2D eigenvalue weighted by Gasteiger charge is -2.12. The van der Waals surface area contributed by atoms with Crippen molar-refractivity contribution in [2.45, 2.75) is 26.4 Å². The monoisotopic (exact) mass is 214 g/mol. The molecule has 0 aliphatic rings. The molecule has 4 heteroatoms. The number of benzene rings is 1. The van der Waals surface area contributed by atoms with E-state index in [2.05, 4.69) is 4.74 Å². The highest BCUT2D eigenvalue weighted by atomic mass is 19.3. The molecule has 0 atom stereocenters. The molecule has 0 aliphatic carbocycles. The van der Waals surface area contributed by atoms with Gasteiger partial charge in [-0.3, -0.25) is 4.79 Å². The third-order valence-corrected chi connectivity index (χ3v) is 1.79. The fourth-order valence-corrected chi connectivity index (χ4v) is 1.12. The molecule has 1 rings (SSSR count). The summed E-state index contributed by atoms with van der Waals surface area (Å²) in [6, 6.07) is 5.68. The summed E-state index contributed by atoms with van der Waals surface area (Å²) in [5, 5.41) is 0. The van der Waals surface area contributed by atoms with Gasteiger partial charge < -0.3 is 4.74 Å². The number of ketones is 1. The number of carbonyl (C=O) groups excluding carboxylic acids is 1. The highest BCUT2D eigenvalue weighted by Crippen LogP contribution is 2.21. The maximum atomic E-state index is 12.4. The van der Waals surface area contributed by atoms with E-state index in [-0.39, 0.29) is 11.5 Å². The largest absolute Gasteiger partial charge is 0.433 e. The van der Waals surface area contributed by atoms with Crippen molar-refractivity contribution in [2.24, 2.45) is 0 Å². The van der Waals surface area contributed by atoms with Gasteiger partial charge >= 0.3 is 6.11 Å². The second-order valence-corrected chi connectivity index (χ2v) is 3.21. The third kappa shape index (κ3) is 3.65. The Labute approximate surface area is 86.9 Å². The van der Waals surface area contributed by atoms with Crippen LogP contribution in [0.1, 0.15) is 30.6 Å². The highest BCUT2D eigenvalue weighted by Gasteiger charge is 2.22. The topological polar surface area (TPSA) is 26.3 Å². The molecule has 1 aromatic rings. The molecule has 0 spiro atoms. The van der Waals surface area contributed by atoms with Crippen molar-refractivity contribution >= 4 is 5.78 Å². The minimum absolute atomic E-state index is 0.0233. The van der Waals surface area contributed by atoms with Gasteiger partial charge in [0.05, 0.1) is 0 Å². The van der Waals surface area contributed by atoms with Crippen LogP contribution in [-0.4, -0.2) is 11.9 Å². The zero-order valence-corrected chi connectivity index (χ0v) is 8.59. The smallest absolute Gasteiger partial charge is 0.394 e. The number of carbonyl (C=O) groups is 1. The van der Waals surface area contributed by atoms with Crippen LogP contribution in [-0.2, 0) is 0 Å². The van der Waals surface area contributed by atoms with Gasteiger partial charge in [0.1, 0.15) is 5.75 Å². The summed E-state index contributed by atoms with van der Waals surface area (Å²) < 4.78 is 29.2. The van der Waals surface area contributed by atoms with Crippen molar-refractivity contribution in [1.29, 1.82) is 0 Å². The second kappa shape index (κ2) is 4.38. The summed E-state index contributed by atoms with van der Waals surface area (Å²) in [6.45, 7) is 2.41. The molecule has 0 aromatic heterocycles. The zero-order valence-electron chi connectivity index (χ0n) is 8.59. The van der Waals surface area contributed by atoms with Gasteiger partial charge in [0.15, 0.2) is 5.78 Å². The van der Waals surface area contributed by atoms with E-state index in [0.717, 1.165) is 0 Å². The number of halogens is 2. The fourth-order valence-electron chi connectivity index (χ4n) is 1.12. The van der Waals surface area contributed by atoms with Crippen LogP contribution in [0.5, 0.6) is 5.75 Å². The summed E-state index contributed by atoms with van der Waals surface area (Å²) in [7, 11) is 0. The molecule has 82 valence electrons. The van der Waals surface area contributed by atoms with Gasteiger partial charge in [-0.25, -0.2) is 0 Å². The summed E-state index contributed by atoms with van der Waals surface area (Å²) >= 11 is 0. The van der Waals surface area contributed by atoms with Crippen LogP contribution in [0, 0.1) is 0 Å². The van der Waals surface area contributed by atoms with Crippen LogP contribution in [0.3, 0.4) is 0 Å². The lowest BCUT2D eigenvalue weighted by Crippen LogP contribution is -2.19. The quantitative estimate of drug-likeness (QED) is 0.719. The first-order valence-corrected chi connectivity index (χ1v) is 4.62. The normalized spacial score (nSPS) is 11.2. The van der Waals surface area contributed by atoms with E-state index in [4.69, 9.17) is 0 Å². The Morgan fingerprint density at radius 1 is 1.33 bits per heavy atom. The summed E-state index contributed by atoms with van der Waals surface area (Å²) in [4.78, 5) is 11.2. The molecular formula is C11H12F2O2. The van der Waals surface area contributed by atoms with Gasteiger partial charge in [0.25, 0.3) is 0 Å². The van der Waals surface area contributed by atoms with E-state index in [1.807, 2.05) is 0 Å². The molecule has 0 N–H and O–H groups in total. The Morgan fingerprint density at radius 3 is 2.27 bits per heavy atom. The minimum Gasteiger partial charge on any atom is -0.433 e. The molecule has 15 heavy (non-hydrogen) atoms. The fraction of sp³-hybridized carbons (Fsp3) is 0.364. The first-order valence-electron chi connectivity index (χ1n) is 4.62. The number of hydrogen-bond donors (Lipinski definition) is 0. The van der Waals surface area contributed by atoms with Crippen LogP contribution in [0.2, 0.25) is 0 Å². The maximum absolute atomic E-state index is 12.4. The van der Waals surface area contributed by atoms with Gasteiger partial charge in [-0.2, -0.15) is 8.78 Å². The predicted octanol–water partition coefficient (Wildman–Crippen LogP) is 3.27. The van der Waals surface area contributed by atoms with Crippen LogP contribution in [0.25, 0.3) is 0 Å². The van der Waals surface area contributed by atoms with Crippen molar-refractivity contribution in [3.8, 4) is 5.75 Å². The first kappa shape index (κ1) is 11.6. The van der Waals surface area contributed by atoms with Crippen LogP contribution < -0.4 is 4.74 Å². The summed E-state index contributed by atoms with van der Waals surface area (Å²) in [5.41, 5.74) is 0.504. The molecule has 0 heterocycles.